The zero-order valence-electron chi connectivity index (χ0n) is 16.4. The second kappa shape index (κ2) is 9.59. The van der Waals surface area contributed by atoms with Crippen molar-refractivity contribution in [3.63, 3.8) is 0 Å². The quantitative estimate of drug-likeness (QED) is 0.485. The van der Waals surface area contributed by atoms with Gasteiger partial charge >= 0.3 is 0 Å². The normalized spacial score (nSPS) is 12.4. The van der Waals surface area contributed by atoms with Crippen LogP contribution in [0.3, 0.4) is 0 Å². The molecular weight excluding hydrogens is 334 g/mol. The van der Waals surface area contributed by atoms with E-state index in [1.165, 1.54) is 11.8 Å². The van der Waals surface area contributed by atoms with Crippen molar-refractivity contribution in [2.24, 2.45) is 0 Å². The van der Waals surface area contributed by atoms with E-state index >= 15 is 0 Å². The van der Waals surface area contributed by atoms with Crippen LogP contribution in [0.5, 0.6) is 0 Å². The average molecular weight is 361 g/mol. The molecule has 4 heteroatoms. The van der Waals surface area contributed by atoms with Gasteiger partial charge in [0.05, 0.1) is 0 Å². The molecule has 4 nitrogen and oxygen atoms in total. The highest BCUT2D eigenvalue weighted by molar-refractivity contribution is 6.07. The van der Waals surface area contributed by atoms with Gasteiger partial charge in [-0.25, -0.2) is 0 Å². The van der Waals surface area contributed by atoms with Crippen molar-refractivity contribution in [1.29, 1.82) is 5.26 Å². The molecular formula is C23H27N3O. The molecule has 2 aromatic rings. The molecule has 1 atom stereocenters. The van der Waals surface area contributed by atoms with Crippen LogP contribution < -0.4 is 10.6 Å². The topological polar surface area (TPSA) is 64.9 Å². The van der Waals surface area contributed by atoms with E-state index in [2.05, 4.69) is 44.4 Å². The summed E-state index contributed by atoms with van der Waals surface area (Å²) in [5, 5.41) is 15.4. The van der Waals surface area contributed by atoms with Crippen LogP contribution in [0.15, 0.2) is 60.3 Å². The number of hydrogen-bond acceptors (Lipinski definition) is 3. The minimum absolute atomic E-state index is 0.0347. The van der Waals surface area contributed by atoms with Crippen molar-refractivity contribution in [2.45, 2.75) is 46.0 Å². The van der Waals surface area contributed by atoms with Crippen molar-refractivity contribution in [3.8, 4) is 6.07 Å². The lowest BCUT2D eigenvalue weighted by Gasteiger charge is -2.15. The Labute approximate surface area is 161 Å². The summed E-state index contributed by atoms with van der Waals surface area (Å²) in [6.45, 7) is 8.43. The van der Waals surface area contributed by atoms with Gasteiger partial charge in [0.1, 0.15) is 11.6 Å². The molecule has 140 valence electrons. The lowest BCUT2D eigenvalue weighted by atomic mass is 9.97. The molecule has 1 unspecified atom stereocenters. The molecule has 0 bridgehead atoms. The number of anilines is 2. The summed E-state index contributed by atoms with van der Waals surface area (Å²) < 4.78 is 0. The SMILES string of the molecule is CCC(C)c1ccccc1N/C=C(/C#N)C(=O)Nc1ccccc1C(C)C. The first-order valence-corrected chi connectivity index (χ1v) is 9.33. The monoisotopic (exact) mass is 361 g/mol. The Kier molecular flexibility index (Phi) is 7.19. The lowest BCUT2D eigenvalue weighted by Crippen LogP contribution is -2.16. The first-order valence-electron chi connectivity index (χ1n) is 9.33. The Morgan fingerprint density at radius 3 is 2.22 bits per heavy atom. The molecule has 0 aliphatic rings. The van der Waals surface area contributed by atoms with Gasteiger partial charge in [-0.3, -0.25) is 4.79 Å². The maximum absolute atomic E-state index is 12.6. The first kappa shape index (κ1) is 20.3. The van der Waals surface area contributed by atoms with Crippen LogP contribution in [0.4, 0.5) is 11.4 Å². The molecule has 0 radical (unpaired) electrons. The molecule has 0 heterocycles. The van der Waals surface area contributed by atoms with Crippen molar-refractivity contribution in [2.75, 3.05) is 10.6 Å². The number of para-hydroxylation sites is 2. The fourth-order valence-corrected chi connectivity index (χ4v) is 2.88. The standard InChI is InChI=1S/C23H27N3O/c1-5-17(4)20-11-7-8-12-21(20)25-15-18(14-24)23(27)26-22-13-9-6-10-19(22)16(2)3/h6-13,15-17,25H,5H2,1-4H3,(H,26,27)/b18-15-. The molecule has 27 heavy (non-hydrogen) atoms. The third-order valence-corrected chi connectivity index (χ3v) is 4.67. The molecule has 2 rings (SSSR count). The number of hydrogen-bond donors (Lipinski definition) is 2. The number of benzene rings is 2. The third kappa shape index (κ3) is 5.21. The summed E-state index contributed by atoms with van der Waals surface area (Å²) in [7, 11) is 0. The number of carbonyl (C=O) groups excluding carboxylic acids is 1. The van der Waals surface area contributed by atoms with E-state index < -0.39 is 5.91 Å². The van der Waals surface area contributed by atoms with E-state index in [-0.39, 0.29) is 11.5 Å². The van der Waals surface area contributed by atoms with Crippen LogP contribution in [-0.2, 0) is 4.79 Å². The second-order valence-corrected chi connectivity index (χ2v) is 6.91. The summed E-state index contributed by atoms with van der Waals surface area (Å²) in [5.74, 6) is 0.245. The van der Waals surface area contributed by atoms with Gasteiger partial charge in [-0.2, -0.15) is 5.26 Å². The van der Waals surface area contributed by atoms with E-state index in [0.29, 0.717) is 5.92 Å². The third-order valence-electron chi connectivity index (χ3n) is 4.67. The van der Waals surface area contributed by atoms with Gasteiger partial charge in [-0.15, -0.1) is 0 Å². The van der Waals surface area contributed by atoms with Gasteiger partial charge in [0.2, 0.25) is 0 Å². The van der Waals surface area contributed by atoms with Gasteiger partial charge in [-0.1, -0.05) is 64.1 Å². The second-order valence-electron chi connectivity index (χ2n) is 6.91. The van der Waals surface area contributed by atoms with Crippen LogP contribution in [-0.4, -0.2) is 5.91 Å². The Morgan fingerprint density at radius 1 is 1.04 bits per heavy atom. The fourth-order valence-electron chi connectivity index (χ4n) is 2.88. The van der Waals surface area contributed by atoms with Crippen LogP contribution >= 0.6 is 0 Å². The lowest BCUT2D eigenvalue weighted by molar-refractivity contribution is -0.112. The number of nitrogens with one attached hydrogen (secondary N) is 2. The zero-order chi connectivity index (χ0) is 19.8. The summed E-state index contributed by atoms with van der Waals surface area (Å²) in [4.78, 5) is 12.6. The molecule has 0 saturated carbocycles. The summed E-state index contributed by atoms with van der Waals surface area (Å²) in [6.07, 6.45) is 2.49. The van der Waals surface area contributed by atoms with Crippen molar-refractivity contribution in [1.82, 2.24) is 0 Å². The van der Waals surface area contributed by atoms with Gasteiger partial charge < -0.3 is 10.6 Å². The predicted molar refractivity (Wildman–Crippen MR) is 112 cm³/mol. The molecule has 0 aliphatic heterocycles. The highest BCUT2D eigenvalue weighted by atomic mass is 16.1. The van der Waals surface area contributed by atoms with Gasteiger partial charge in [0.15, 0.2) is 0 Å². The largest absolute Gasteiger partial charge is 0.360 e. The van der Waals surface area contributed by atoms with Gasteiger partial charge in [0.25, 0.3) is 5.91 Å². The van der Waals surface area contributed by atoms with Gasteiger partial charge in [-0.05, 0) is 41.5 Å². The van der Waals surface area contributed by atoms with Crippen molar-refractivity contribution in [3.05, 3.63) is 71.4 Å². The first-order chi connectivity index (χ1) is 13.0. The van der Waals surface area contributed by atoms with Crippen LogP contribution in [0.25, 0.3) is 0 Å². The number of nitrogens with zero attached hydrogens (tertiary/aromatic N) is 1. The Bertz CT molecular complexity index is 862. The molecule has 0 aliphatic carbocycles. The number of carbonyl (C=O) groups is 1. The average Bonchev–Trinajstić information content (AvgIpc) is 2.68. The highest BCUT2D eigenvalue weighted by Gasteiger charge is 2.14. The summed E-state index contributed by atoms with van der Waals surface area (Å²) >= 11 is 0. The molecule has 0 spiro atoms. The van der Waals surface area contributed by atoms with Gasteiger partial charge in [0, 0.05) is 17.6 Å². The van der Waals surface area contributed by atoms with E-state index in [1.807, 2.05) is 48.5 Å². The molecule has 0 aromatic heterocycles. The minimum atomic E-state index is -0.417. The minimum Gasteiger partial charge on any atom is -0.360 e. The van der Waals surface area contributed by atoms with E-state index in [4.69, 9.17) is 0 Å². The summed E-state index contributed by atoms with van der Waals surface area (Å²) in [5.41, 5.74) is 3.89. The predicted octanol–water partition coefficient (Wildman–Crippen LogP) is 5.78. The van der Waals surface area contributed by atoms with Crippen LogP contribution in [0, 0.1) is 11.3 Å². The van der Waals surface area contributed by atoms with Crippen LogP contribution in [0.2, 0.25) is 0 Å². The van der Waals surface area contributed by atoms with E-state index in [0.717, 1.165) is 23.4 Å². The maximum atomic E-state index is 12.6. The maximum Gasteiger partial charge on any atom is 0.267 e. The highest BCUT2D eigenvalue weighted by Crippen LogP contribution is 2.27. The van der Waals surface area contributed by atoms with Crippen molar-refractivity contribution >= 4 is 17.3 Å². The Morgan fingerprint density at radius 2 is 1.63 bits per heavy atom. The molecule has 1 amide bonds. The number of amides is 1. The van der Waals surface area contributed by atoms with E-state index in [1.54, 1.807) is 0 Å². The molecule has 2 aromatic carbocycles. The Hall–Kier alpha value is -3.06. The zero-order valence-corrected chi connectivity index (χ0v) is 16.4. The fraction of sp³-hybridized carbons (Fsp3) is 0.304. The molecule has 0 saturated heterocycles. The smallest absolute Gasteiger partial charge is 0.267 e. The Balaban J connectivity index is 2.20. The molecule has 0 fully saturated rings. The molecule has 2 N–H and O–H groups in total. The van der Waals surface area contributed by atoms with Crippen LogP contribution in [0.1, 0.15) is 57.1 Å². The number of nitriles is 1. The van der Waals surface area contributed by atoms with Crippen molar-refractivity contribution < 1.29 is 4.79 Å². The summed E-state index contributed by atoms with van der Waals surface area (Å²) in [6, 6.07) is 17.6. The van der Waals surface area contributed by atoms with E-state index in [9.17, 15) is 10.1 Å². The number of rotatable bonds is 7.